The van der Waals surface area contributed by atoms with Crippen molar-refractivity contribution in [3.63, 3.8) is 0 Å². The van der Waals surface area contributed by atoms with Gasteiger partial charge in [0.2, 0.25) is 5.91 Å². The van der Waals surface area contributed by atoms with Crippen LogP contribution >= 0.6 is 0 Å². The van der Waals surface area contributed by atoms with Crippen LogP contribution in [-0.2, 0) is 17.5 Å². The van der Waals surface area contributed by atoms with Crippen molar-refractivity contribution in [2.24, 2.45) is 4.99 Å². The summed E-state index contributed by atoms with van der Waals surface area (Å²) in [6.45, 7) is 3.76. The van der Waals surface area contributed by atoms with Gasteiger partial charge in [-0.2, -0.15) is 13.2 Å². The van der Waals surface area contributed by atoms with Crippen LogP contribution in [-0.4, -0.2) is 31.5 Å². The molecule has 0 atom stereocenters. The van der Waals surface area contributed by atoms with Crippen LogP contribution in [0.25, 0.3) is 0 Å². The van der Waals surface area contributed by atoms with Crippen molar-refractivity contribution in [2.75, 3.05) is 13.6 Å². The number of aliphatic imine (C=N–C) groups is 1. The van der Waals surface area contributed by atoms with Crippen LogP contribution in [0.2, 0.25) is 0 Å². The summed E-state index contributed by atoms with van der Waals surface area (Å²) in [5.74, 6) is -0.847. The fourth-order valence-electron chi connectivity index (χ4n) is 2.05. The molecular formula is C16H22F4N4O. The average molecular weight is 362 g/mol. The van der Waals surface area contributed by atoms with Crippen molar-refractivity contribution >= 4 is 11.9 Å². The zero-order chi connectivity index (χ0) is 19.0. The summed E-state index contributed by atoms with van der Waals surface area (Å²) >= 11 is 0. The van der Waals surface area contributed by atoms with Gasteiger partial charge in [-0.3, -0.25) is 9.79 Å². The molecule has 0 unspecified atom stereocenters. The van der Waals surface area contributed by atoms with Crippen molar-refractivity contribution in [3.8, 4) is 0 Å². The van der Waals surface area contributed by atoms with Gasteiger partial charge in [-0.25, -0.2) is 4.39 Å². The fourth-order valence-corrected chi connectivity index (χ4v) is 2.05. The lowest BCUT2D eigenvalue weighted by Crippen LogP contribution is -2.40. The van der Waals surface area contributed by atoms with Gasteiger partial charge >= 0.3 is 6.18 Å². The van der Waals surface area contributed by atoms with E-state index in [0.717, 1.165) is 12.1 Å². The van der Waals surface area contributed by atoms with Gasteiger partial charge in [0.25, 0.3) is 0 Å². The Morgan fingerprint density at radius 3 is 2.48 bits per heavy atom. The third-order valence-corrected chi connectivity index (χ3v) is 3.14. The lowest BCUT2D eigenvalue weighted by Gasteiger charge is -2.16. The van der Waals surface area contributed by atoms with Crippen LogP contribution in [0.5, 0.6) is 0 Å². The fraction of sp³-hybridized carbons (Fsp3) is 0.500. The Morgan fingerprint density at radius 2 is 1.92 bits per heavy atom. The van der Waals surface area contributed by atoms with Crippen LogP contribution in [0.1, 0.15) is 31.4 Å². The Bertz CT molecular complexity index is 615. The molecule has 1 amide bonds. The highest BCUT2D eigenvalue weighted by Gasteiger charge is 2.33. The molecule has 1 aromatic carbocycles. The number of nitrogens with zero attached hydrogens (tertiary/aromatic N) is 1. The summed E-state index contributed by atoms with van der Waals surface area (Å²) < 4.78 is 51.9. The van der Waals surface area contributed by atoms with Gasteiger partial charge in [0.1, 0.15) is 5.82 Å². The second kappa shape index (κ2) is 9.24. The second-order valence-corrected chi connectivity index (χ2v) is 5.62. The van der Waals surface area contributed by atoms with Crippen LogP contribution < -0.4 is 16.0 Å². The number of alkyl halides is 3. The van der Waals surface area contributed by atoms with Crippen LogP contribution in [0.15, 0.2) is 23.2 Å². The zero-order valence-corrected chi connectivity index (χ0v) is 14.3. The highest BCUT2D eigenvalue weighted by atomic mass is 19.4. The van der Waals surface area contributed by atoms with Gasteiger partial charge in [-0.15, -0.1) is 0 Å². The van der Waals surface area contributed by atoms with Gasteiger partial charge in [0.05, 0.1) is 5.56 Å². The Morgan fingerprint density at radius 1 is 1.24 bits per heavy atom. The number of benzene rings is 1. The Kier molecular flexibility index (Phi) is 7.66. The summed E-state index contributed by atoms with van der Waals surface area (Å²) in [5.41, 5.74) is -1.14. The van der Waals surface area contributed by atoms with Gasteiger partial charge in [0.15, 0.2) is 5.96 Å². The quantitative estimate of drug-likeness (QED) is 0.414. The lowest BCUT2D eigenvalue weighted by molar-refractivity contribution is -0.138. The average Bonchev–Trinajstić information content (AvgIpc) is 2.49. The van der Waals surface area contributed by atoms with Crippen LogP contribution in [0, 0.1) is 5.82 Å². The molecule has 0 radical (unpaired) electrons. The van der Waals surface area contributed by atoms with E-state index in [9.17, 15) is 22.4 Å². The minimum atomic E-state index is -4.65. The maximum Gasteiger partial charge on any atom is 0.416 e. The van der Waals surface area contributed by atoms with Crippen molar-refractivity contribution in [2.45, 2.75) is 39.0 Å². The maximum absolute atomic E-state index is 13.1. The first-order chi connectivity index (χ1) is 11.6. The highest BCUT2D eigenvalue weighted by Crippen LogP contribution is 2.32. The number of nitrogens with one attached hydrogen (secondary N) is 3. The zero-order valence-electron chi connectivity index (χ0n) is 14.3. The first-order valence-corrected chi connectivity index (χ1v) is 7.73. The molecule has 0 aliphatic rings. The van der Waals surface area contributed by atoms with Crippen LogP contribution in [0.4, 0.5) is 17.6 Å². The SMILES string of the molecule is CN=C(NCCC(=O)NC(C)C)NCc1ccc(F)cc1C(F)(F)F. The number of amides is 1. The monoisotopic (exact) mass is 362 g/mol. The number of hydrogen-bond acceptors (Lipinski definition) is 2. The maximum atomic E-state index is 13.1. The normalized spacial score (nSPS) is 12.2. The molecule has 9 heteroatoms. The molecule has 0 spiro atoms. The molecule has 0 fully saturated rings. The van der Waals surface area contributed by atoms with E-state index in [1.165, 1.54) is 7.05 Å². The predicted molar refractivity (Wildman–Crippen MR) is 87.5 cm³/mol. The third-order valence-electron chi connectivity index (χ3n) is 3.14. The van der Waals surface area contributed by atoms with Crippen molar-refractivity contribution in [1.29, 1.82) is 0 Å². The molecule has 1 aromatic rings. The molecule has 5 nitrogen and oxygen atoms in total. The van der Waals surface area contributed by atoms with Gasteiger partial charge in [0, 0.05) is 32.6 Å². The van der Waals surface area contributed by atoms with Crippen LogP contribution in [0.3, 0.4) is 0 Å². The minimum Gasteiger partial charge on any atom is -0.356 e. The molecule has 0 heterocycles. The number of rotatable bonds is 6. The van der Waals surface area contributed by atoms with Crippen molar-refractivity contribution in [1.82, 2.24) is 16.0 Å². The van der Waals surface area contributed by atoms with Gasteiger partial charge in [-0.1, -0.05) is 6.07 Å². The van der Waals surface area contributed by atoms with Gasteiger partial charge < -0.3 is 16.0 Å². The van der Waals surface area contributed by atoms with E-state index in [1.54, 1.807) is 0 Å². The van der Waals surface area contributed by atoms with E-state index < -0.39 is 17.6 Å². The number of halogens is 4. The number of guanidine groups is 1. The third kappa shape index (κ3) is 7.40. The molecule has 0 aromatic heterocycles. The van der Waals surface area contributed by atoms with E-state index in [-0.39, 0.29) is 43.0 Å². The summed E-state index contributed by atoms with van der Waals surface area (Å²) in [6, 6.07) is 2.54. The minimum absolute atomic E-state index is 0.0317. The van der Waals surface area contributed by atoms with E-state index in [4.69, 9.17) is 0 Å². The van der Waals surface area contributed by atoms with E-state index >= 15 is 0 Å². The van der Waals surface area contributed by atoms with E-state index in [0.29, 0.717) is 6.07 Å². The van der Waals surface area contributed by atoms with E-state index in [2.05, 4.69) is 20.9 Å². The Hall–Kier alpha value is -2.32. The molecule has 25 heavy (non-hydrogen) atoms. The smallest absolute Gasteiger partial charge is 0.356 e. The molecule has 0 saturated heterocycles. The second-order valence-electron chi connectivity index (χ2n) is 5.62. The molecule has 0 saturated carbocycles. The summed E-state index contributed by atoms with van der Waals surface area (Å²) in [6.07, 6.45) is -4.45. The number of carbonyl (C=O) groups is 1. The molecule has 0 bridgehead atoms. The molecule has 140 valence electrons. The summed E-state index contributed by atoms with van der Waals surface area (Å²) in [5, 5.41) is 8.28. The first kappa shape index (κ1) is 20.7. The van der Waals surface area contributed by atoms with Crippen molar-refractivity contribution < 1.29 is 22.4 Å². The topological polar surface area (TPSA) is 65.5 Å². The highest BCUT2D eigenvalue weighted by molar-refractivity contribution is 5.81. The molecular weight excluding hydrogens is 340 g/mol. The van der Waals surface area contributed by atoms with E-state index in [1.807, 2.05) is 13.8 Å². The largest absolute Gasteiger partial charge is 0.416 e. The molecule has 1 rings (SSSR count). The number of carbonyl (C=O) groups excluding carboxylic acids is 1. The van der Waals surface area contributed by atoms with Crippen molar-refractivity contribution in [3.05, 3.63) is 35.1 Å². The first-order valence-electron chi connectivity index (χ1n) is 7.73. The molecule has 0 aliphatic heterocycles. The van der Waals surface area contributed by atoms with Gasteiger partial charge in [-0.05, 0) is 31.5 Å². The summed E-state index contributed by atoms with van der Waals surface area (Å²) in [7, 11) is 1.46. The summed E-state index contributed by atoms with van der Waals surface area (Å²) in [4.78, 5) is 15.4. The Labute approximate surface area is 143 Å². The lowest BCUT2D eigenvalue weighted by atomic mass is 10.1. The predicted octanol–water partition coefficient (Wildman–Crippen LogP) is 2.42. The standard InChI is InChI=1S/C16H22F4N4O/c1-10(2)24-14(25)6-7-22-15(21-3)23-9-11-4-5-12(17)8-13(11)16(18,19)20/h4-5,8,10H,6-7,9H2,1-3H3,(H,24,25)(H2,21,22,23). The Balaban J connectivity index is 2.60. The molecule has 0 aliphatic carbocycles. The number of hydrogen-bond donors (Lipinski definition) is 3. The molecule has 3 N–H and O–H groups in total.